The number of hydrogen-bond acceptors (Lipinski definition) is 3. The van der Waals surface area contributed by atoms with Crippen LogP contribution in [-0.4, -0.2) is 16.1 Å². The Hall–Kier alpha value is -2.36. The lowest BCUT2D eigenvalue weighted by molar-refractivity contribution is -0.137. The molecule has 2 unspecified atom stereocenters. The summed E-state index contributed by atoms with van der Waals surface area (Å²) in [7, 11) is 0. The quantitative estimate of drug-likeness (QED) is 0.599. The molecule has 26 heavy (non-hydrogen) atoms. The van der Waals surface area contributed by atoms with Crippen LogP contribution in [0.15, 0.2) is 48.8 Å². The second-order valence-electron chi connectivity index (χ2n) is 7.31. The number of carboxylic acids is 1. The Bertz CT molecular complexity index is 732. The van der Waals surface area contributed by atoms with Gasteiger partial charge in [-0.1, -0.05) is 56.9 Å². The minimum absolute atomic E-state index is 0.112. The van der Waals surface area contributed by atoms with Gasteiger partial charge in [-0.2, -0.15) is 0 Å². The van der Waals surface area contributed by atoms with E-state index >= 15 is 0 Å². The third-order valence-corrected chi connectivity index (χ3v) is 5.66. The van der Waals surface area contributed by atoms with Gasteiger partial charge >= 0.3 is 5.97 Å². The number of carbonyl (C=O) groups is 1. The van der Waals surface area contributed by atoms with Crippen LogP contribution in [0.3, 0.4) is 0 Å². The van der Waals surface area contributed by atoms with E-state index in [0.29, 0.717) is 5.92 Å². The number of aliphatic carboxylic acids is 1. The largest absolute Gasteiger partial charge is 0.481 e. The van der Waals surface area contributed by atoms with Crippen molar-refractivity contribution in [2.75, 3.05) is 5.32 Å². The summed E-state index contributed by atoms with van der Waals surface area (Å²) < 4.78 is 0. The predicted molar refractivity (Wildman–Crippen MR) is 104 cm³/mol. The van der Waals surface area contributed by atoms with E-state index in [1.54, 1.807) is 0 Å². The number of pyridine rings is 1. The second-order valence-corrected chi connectivity index (χ2v) is 7.31. The van der Waals surface area contributed by atoms with Gasteiger partial charge in [-0.25, -0.2) is 0 Å². The van der Waals surface area contributed by atoms with Gasteiger partial charge in [0.2, 0.25) is 0 Å². The van der Waals surface area contributed by atoms with Gasteiger partial charge in [0, 0.05) is 30.4 Å². The second kappa shape index (κ2) is 8.35. The minimum atomic E-state index is -0.692. The van der Waals surface area contributed by atoms with Gasteiger partial charge in [0.25, 0.3) is 0 Å². The summed E-state index contributed by atoms with van der Waals surface area (Å²) in [6.45, 7) is 2.30. The highest BCUT2D eigenvalue weighted by molar-refractivity contribution is 5.66. The van der Waals surface area contributed by atoms with E-state index in [4.69, 9.17) is 5.11 Å². The summed E-state index contributed by atoms with van der Waals surface area (Å²) >= 11 is 0. The monoisotopic (exact) mass is 352 g/mol. The third-order valence-electron chi connectivity index (χ3n) is 5.66. The number of unbranched alkanes of at least 4 members (excludes halogenated alkanes) is 4. The molecule has 1 aromatic heterocycles. The molecule has 138 valence electrons. The van der Waals surface area contributed by atoms with Gasteiger partial charge in [0.05, 0.1) is 5.54 Å². The van der Waals surface area contributed by atoms with Crippen molar-refractivity contribution in [3.05, 3.63) is 59.9 Å². The molecule has 2 atom stereocenters. The number of aromatic nitrogens is 1. The minimum Gasteiger partial charge on any atom is -0.481 e. The van der Waals surface area contributed by atoms with E-state index in [1.165, 1.54) is 16.8 Å². The molecule has 1 aliphatic heterocycles. The van der Waals surface area contributed by atoms with E-state index in [2.05, 4.69) is 47.6 Å². The van der Waals surface area contributed by atoms with E-state index < -0.39 is 5.97 Å². The average molecular weight is 352 g/mol. The summed E-state index contributed by atoms with van der Waals surface area (Å²) in [5.41, 5.74) is 3.73. The van der Waals surface area contributed by atoms with Crippen molar-refractivity contribution in [1.29, 1.82) is 0 Å². The number of nitrogens with one attached hydrogen (secondary N) is 1. The Balaban J connectivity index is 1.66. The van der Waals surface area contributed by atoms with Crippen LogP contribution in [-0.2, 0) is 10.3 Å². The Kier molecular flexibility index (Phi) is 5.92. The first-order chi connectivity index (χ1) is 12.6. The number of fused-ring (bicyclic) bond motifs is 1. The van der Waals surface area contributed by atoms with Crippen molar-refractivity contribution in [2.45, 2.75) is 63.3 Å². The Morgan fingerprint density at radius 3 is 2.62 bits per heavy atom. The van der Waals surface area contributed by atoms with Crippen LogP contribution in [0.4, 0.5) is 5.69 Å². The molecule has 0 saturated carbocycles. The van der Waals surface area contributed by atoms with Crippen molar-refractivity contribution in [3.63, 3.8) is 0 Å². The van der Waals surface area contributed by atoms with Crippen LogP contribution >= 0.6 is 0 Å². The van der Waals surface area contributed by atoms with Gasteiger partial charge < -0.3 is 10.4 Å². The van der Waals surface area contributed by atoms with Crippen molar-refractivity contribution in [1.82, 2.24) is 4.98 Å². The average Bonchev–Trinajstić information content (AvgIpc) is 2.95. The first kappa shape index (κ1) is 18.4. The van der Waals surface area contributed by atoms with Gasteiger partial charge in [0.15, 0.2) is 0 Å². The summed E-state index contributed by atoms with van der Waals surface area (Å²) in [4.78, 5) is 15.0. The number of nitrogens with zero attached hydrogens (tertiary/aromatic N) is 1. The number of carboxylic acid groups (broad SMARTS) is 1. The van der Waals surface area contributed by atoms with E-state index in [9.17, 15) is 4.79 Å². The highest BCUT2D eigenvalue weighted by atomic mass is 16.4. The molecule has 0 saturated heterocycles. The molecular formula is C22H28N2O2. The summed E-state index contributed by atoms with van der Waals surface area (Å²) in [6.07, 6.45) is 10.3. The number of benzene rings is 1. The fourth-order valence-electron chi connectivity index (χ4n) is 4.19. The zero-order chi connectivity index (χ0) is 18.4. The number of rotatable bonds is 9. The number of para-hydroxylation sites is 1. The molecule has 0 spiro atoms. The molecule has 0 fully saturated rings. The molecule has 0 aliphatic carbocycles. The molecule has 0 radical (unpaired) electrons. The number of hydrogen-bond donors (Lipinski definition) is 2. The maximum atomic E-state index is 10.6. The zero-order valence-electron chi connectivity index (χ0n) is 15.4. The molecule has 0 amide bonds. The molecule has 1 aliphatic rings. The lowest BCUT2D eigenvalue weighted by atomic mass is 9.75. The normalized spacial score (nSPS) is 21.2. The van der Waals surface area contributed by atoms with Gasteiger partial charge in [0.1, 0.15) is 0 Å². The Morgan fingerprint density at radius 2 is 1.88 bits per heavy atom. The van der Waals surface area contributed by atoms with Crippen LogP contribution in [0.2, 0.25) is 0 Å². The van der Waals surface area contributed by atoms with Crippen LogP contribution in [0.5, 0.6) is 0 Å². The number of anilines is 1. The van der Waals surface area contributed by atoms with Gasteiger partial charge in [-0.15, -0.1) is 0 Å². The van der Waals surface area contributed by atoms with Crippen LogP contribution in [0.25, 0.3) is 0 Å². The van der Waals surface area contributed by atoms with E-state index in [0.717, 1.165) is 38.5 Å². The van der Waals surface area contributed by atoms with Crippen molar-refractivity contribution in [3.8, 4) is 0 Å². The topological polar surface area (TPSA) is 62.2 Å². The summed E-state index contributed by atoms with van der Waals surface area (Å²) in [5.74, 6) is -0.308. The first-order valence-electron chi connectivity index (χ1n) is 9.63. The van der Waals surface area contributed by atoms with Gasteiger partial charge in [-0.05, 0) is 36.1 Å². The first-order valence-corrected chi connectivity index (χ1v) is 9.63. The predicted octanol–water partition coefficient (Wildman–Crippen LogP) is 5.32. The zero-order valence-corrected chi connectivity index (χ0v) is 15.4. The van der Waals surface area contributed by atoms with Crippen molar-refractivity contribution >= 4 is 11.7 Å². The fraction of sp³-hybridized carbons (Fsp3) is 0.455. The maximum Gasteiger partial charge on any atom is 0.303 e. The van der Waals surface area contributed by atoms with Crippen LogP contribution in [0, 0.1) is 0 Å². The smallest absolute Gasteiger partial charge is 0.303 e. The molecule has 2 N–H and O–H groups in total. The molecule has 0 bridgehead atoms. The van der Waals surface area contributed by atoms with Crippen molar-refractivity contribution < 1.29 is 9.90 Å². The lowest BCUT2D eigenvalue weighted by Gasteiger charge is -2.35. The standard InChI is InChI=1S/C22H28N2O2/c1-17-19-11-6-7-12-20(19)24-22(17,18-10-9-15-23-16-18)14-8-4-2-3-5-13-21(25)26/h6-7,9-12,15-17,24H,2-5,8,13-14H2,1H3,(H,25,26). The van der Waals surface area contributed by atoms with Gasteiger partial charge in [-0.3, -0.25) is 9.78 Å². The molecule has 4 nitrogen and oxygen atoms in total. The Morgan fingerprint density at radius 1 is 1.12 bits per heavy atom. The summed E-state index contributed by atoms with van der Waals surface area (Å²) in [6, 6.07) is 12.8. The fourth-order valence-corrected chi connectivity index (χ4v) is 4.19. The highest BCUT2D eigenvalue weighted by Crippen LogP contribution is 2.50. The molecule has 4 heteroatoms. The van der Waals surface area contributed by atoms with E-state index in [-0.39, 0.29) is 12.0 Å². The SMILES string of the molecule is CC1c2ccccc2NC1(CCCCCCCC(=O)O)c1cccnc1. The molecule has 3 rings (SSSR count). The van der Waals surface area contributed by atoms with Crippen molar-refractivity contribution in [2.24, 2.45) is 0 Å². The van der Waals surface area contributed by atoms with Crippen LogP contribution < -0.4 is 5.32 Å². The summed E-state index contributed by atoms with van der Waals surface area (Å²) in [5, 5.41) is 12.5. The highest BCUT2D eigenvalue weighted by Gasteiger charge is 2.44. The molecule has 2 heterocycles. The van der Waals surface area contributed by atoms with Crippen LogP contribution in [0.1, 0.15) is 68.9 Å². The Labute approximate surface area is 155 Å². The maximum absolute atomic E-state index is 10.6. The van der Waals surface area contributed by atoms with E-state index in [1.807, 2.05) is 18.5 Å². The third kappa shape index (κ3) is 3.90. The molecule has 1 aromatic carbocycles. The lowest BCUT2D eigenvalue weighted by Crippen LogP contribution is -2.35. The molecular weight excluding hydrogens is 324 g/mol. The molecule has 2 aromatic rings.